The molecule has 0 radical (unpaired) electrons. The maximum atomic E-state index is 12.1. The molecule has 0 atom stereocenters. The van der Waals surface area contributed by atoms with Crippen LogP contribution in [-0.4, -0.2) is 72.0 Å². The summed E-state index contributed by atoms with van der Waals surface area (Å²) >= 11 is 0. The van der Waals surface area contributed by atoms with Gasteiger partial charge in [0.2, 0.25) is 0 Å². The van der Waals surface area contributed by atoms with Crippen molar-refractivity contribution in [2.75, 3.05) is 39.8 Å². The van der Waals surface area contributed by atoms with E-state index in [9.17, 15) is 19.7 Å². The van der Waals surface area contributed by atoms with Gasteiger partial charge in [0.15, 0.2) is 0 Å². The Hall–Kier alpha value is -2.52. The van der Waals surface area contributed by atoms with Crippen LogP contribution in [0.5, 0.6) is 0 Å². The molecule has 0 bridgehead atoms. The molecule has 1 aromatic carbocycles. The van der Waals surface area contributed by atoms with Gasteiger partial charge in [0.25, 0.3) is 11.6 Å². The molecule has 154 valence electrons. The Balaban J connectivity index is 1.98. The summed E-state index contributed by atoms with van der Waals surface area (Å²) < 4.78 is 5.35. The highest BCUT2D eigenvalue weighted by atomic mass is 16.6. The molecular weight excluding hydrogens is 364 g/mol. The molecule has 28 heavy (non-hydrogen) atoms. The summed E-state index contributed by atoms with van der Waals surface area (Å²) in [5.74, 6) is -0.519. The van der Waals surface area contributed by atoms with Crippen LogP contribution in [0.4, 0.5) is 5.69 Å². The van der Waals surface area contributed by atoms with Gasteiger partial charge in [-0.05, 0) is 32.4 Å². The minimum Gasteiger partial charge on any atom is -0.459 e. The van der Waals surface area contributed by atoms with E-state index in [4.69, 9.17) is 4.74 Å². The van der Waals surface area contributed by atoms with Gasteiger partial charge in [-0.15, -0.1) is 0 Å². The van der Waals surface area contributed by atoms with E-state index in [2.05, 4.69) is 10.2 Å². The van der Waals surface area contributed by atoms with Crippen molar-refractivity contribution in [1.82, 2.24) is 15.1 Å². The molecule has 2 rings (SSSR count). The standard InChI is InChI=1S/C19H28N4O5/c1-19(2,3)28-17(24)13-22-9-7-21(8-10-22)12-14-11-15(23(26)27)5-6-16(14)18(25)20-4/h5-6,11H,7-10,12-13H2,1-4H3,(H,20,25). The number of ether oxygens (including phenoxy) is 1. The van der Waals surface area contributed by atoms with Crippen LogP contribution in [0.25, 0.3) is 0 Å². The average molecular weight is 392 g/mol. The number of carbonyl (C=O) groups is 2. The zero-order chi connectivity index (χ0) is 20.9. The first-order chi connectivity index (χ1) is 13.1. The SMILES string of the molecule is CNC(=O)c1ccc([N+](=O)[O-])cc1CN1CCN(CC(=O)OC(C)(C)C)CC1. The van der Waals surface area contributed by atoms with E-state index >= 15 is 0 Å². The molecule has 1 amide bonds. The van der Waals surface area contributed by atoms with Crippen molar-refractivity contribution in [3.05, 3.63) is 39.4 Å². The molecule has 0 unspecified atom stereocenters. The van der Waals surface area contributed by atoms with Crippen molar-refractivity contribution < 1.29 is 19.2 Å². The summed E-state index contributed by atoms with van der Waals surface area (Å²) in [6.07, 6.45) is 0. The summed E-state index contributed by atoms with van der Waals surface area (Å²) in [6, 6.07) is 4.29. The first kappa shape index (κ1) is 21.8. The first-order valence-corrected chi connectivity index (χ1v) is 9.25. The van der Waals surface area contributed by atoms with Crippen LogP contribution in [0.15, 0.2) is 18.2 Å². The molecule has 9 heteroatoms. The molecule has 0 saturated carbocycles. The van der Waals surface area contributed by atoms with Crippen LogP contribution in [0, 0.1) is 10.1 Å². The fourth-order valence-electron chi connectivity index (χ4n) is 3.08. The number of benzene rings is 1. The Bertz CT molecular complexity index is 736. The lowest BCUT2D eigenvalue weighted by atomic mass is 10.0. The Morgan fingerprint density at radius 3 is 2.32 bits per heavy atom. The Kier molecular flexibility index (Phi) is 7.09. The van der Waals surface area contributed by atoms with Gasteiger partial charge in [-0.3, -0.25) is 29.5 Å². The fourth-order valence-corrected chi connectivity index (χ4v) is 3.08. The quantitative estimate of drug-likeness (QED) is 0.443. The van der Waals surface area contributed by atoms with E-state index in [1.165, 1.54) is 25.2 Å². The van der Waals surface area contributed by atoms with Gasteiger partial charge in [0, 0.05) is 57.5 Å². The third-order valence-electron chi connectivity index (χ3n) is 4.40. The van der Waals surface area contributed by atoms with Gasteiger partial charge < -0.3 is 10.1 Å². The summed E-state index contributed by atoms with van der Waals surface area (Å²) in [5.41, 5.74) is 0.515. The van der Waals surface area contributed by atoms with Crippen LogP contribution in [-0.2, 0) is 16.1 Å². The number of nitro groups is 1. The number of amides is 1. The highest BCUT2D eigenvalue weighted by Gasteiger charge is 2.24. The number of esters is 1. The summed E-state index contributed by atoms with van der Waals surface area (Å²) in [7, 11) is 1.53. The lowest BCUT2D eigenvalue weighted by molar-refractivity contribution is -0.384. The van der Waals surface area contributed by atoms with E-state index in [1.807, 2.05) is 25.7 Å². The topological polar surface area (TPSA) is 105 Å². The van der Waals surface area contributed by atoms with Crippen molar-refractivity contribution >= 4 is 17.6 Å². The van der Waals surface area contributed by atoms with Crippen molar-refractivity contribution in [3.8, 4) is 0 Å². The van der Waals surface area contributed by atoms with Crippen LogP contribution < -0.4 is 5.32 Å². The van der Waals surface area contributed by atoms with E-state index < -0.39 is 10.5 Å². The molecule has 1 saturated heterocycles. The van der Waals surface area contributed by atoms with Crippen molar-refractivity contribution in [2.45, 2.75) is 32.9 Å². The van der Waals surface area contributed by atoms with Crippen LogP contribution in [0.3, 0.4) is 0 Å². The molecule has 1 aliphatic heterocycles. The molecule has 1 heterocycles. The van der Waals surface area contributed by atoms with Crippen molar-refractivity contribution in [1.29, 1.82) is 0 Å². The molecule has 1 N–H and O–H groups in total. The zero-order valence-corrected chi connectivity index (χ0v) is 16.9. The number of carbonyl (C=O) groups excluding carboxylic acids is 2. The predicted octanol–water partition coefficient (Wildman–Crippen LogP) is 1.41. The number of nitrogens with one attached hydrogen (secondary N) is 1. The monoisotopic (exact) mass is 392 g/mol. The number of piperazine rings is 1. The van der Waals surface area contributed by atoms with Gasteiger partial charge in [-0.25, -0.2) is 0 Å². The summed E-state index contributed by atoms with van der Waals surface area (Å²) in [6.45, 7) is 8.95. The largest absolute Gasteiger partial charge is 0.459 e. The Morgan fingerprint density at radius 2 is 1.79 bits per heavy atom. The minimum absolute atomic E-state index is 0.0359. The number of nitrogens with zero attached hydrogens (tertiary/aromatic N) is 3. The second-order valence-corrected chi connectivity index (χ2v) is 7.82. The molecule has 0 aliphatic carbocycles. The molecule has 9 nitrogen and oxygen atoms in total. The highest BCUT2D eigenvalue weighted by molar-refractivity contribution is 5.95. The number of nitro benzene ring substituents is 1. The van der Waals surface area contributed by atoms with E-state index in [0.717, 1.165) is 0 Å². The third kappa shape index (κ3) is 6.28. The second kappa shape index (κ2) is 9.11. The van der Waals surface area contributed by atoms with Crippen molar-refractivity contribution in [3.63, 3.8) is 0 Å². The second-order valence-electron chi connectivity index (χ2n) is 7.82. The zero-order valence-electron chi connectivity index (χ0n) is 16.9. The van der Waals surface area contributed by atoms with E-state index in [1.54, 1.807) is 0 Å². The van der Waals surface area contributed by atoms with Crippen LogP contribution >= 0.6 is 0 Å². The fraction of sp³-hybridized carbons (Fsp3) is 0.579. The maximum absolute atomic E-state index is 12.1. The number of hydrogen-bond acceptors (Lipinski definition) is 7. The summed E-state index contributed by atoms with van der Waals surface area (Å²) in [5, 5.41) is 13.6. The molecule has 1 aliphatic rings. The molecular formula is C19H28N4O5. The lowest BCUT2D eigenvalue weighted by Gasteiger charge is -2.34. The maximum Gasteiger partial charge on any atom is 0.320 e. The molecule has 1 fully saturated rings. The molecule has 1 aromatic rings. The van der Waals surface area contributed by atoms with Gasteiger partial charge in [-0.2, -0.15) is 0 Å². The van der Waals surface area contributed by atoms with E-state index in [-0.39, 0.29) is 24.1 Å². The summed E-state index contributed by atoms with van der Waals surface area (Å²) in [4.78, 5) is 38.8. The minimum atomic E-state index is -0.503. The Morgan fingerprint density at radius 1 is 1.18 bits per heavy atom. The first-order valence-electron chi connectivity index (χ1n) is 9.25. The van der Waals surface area contributed by atoms with Gasteiger partial charge >= 0.3 is 5.97 Å². The molecule has 0 aromatic heterocycles. The highest BCUT2D eigenvalue weighted by Crippen LogP contribution is 2.20. The van der Waals surface area contributed by atoms with Gasteiger partial charge in [-0.1, -0.05) is 0 Å². The van der Waals surface area contributed by atoms with Gasteiger partial charge in [0.05, 0.1) is 11.5 Å². The number of rotatable bonds is 6. The lowest BCUT2D eigenvalue weighted by Crippen LogP contribution is -2.48. The predicted molar refractivity (Wildman–Crippen MR) is 104 cm³/mol. The van der Waals surface area contributed by atoms with E-state index in [0.29, 0.717) is 43.9 Å². The number of hydrogen-bond donors (Lipinski definition) is 1. The third-order valence-corrected chi connectivity index (χ3v) is 4.40. The van der Waals surface area contributed by atoms with Crippen molar-refractivity contribution in [2.24, 2.45) is 0 Å². The van der Waals surface area contributed by atoms with Crippen LogP contribution in [0.2, 0.25) is 0 Å². The molecule has 0 spiro atoms. The smallest absolute Gasteiger partial charge is 0.320 e. The Labute approximate surface area is 164 Å². The normalized spacial score (nSPS) is 15.9. The van der Waals surface area contributed by atoms with Crippen LogP contribution in [0.1, 0.15) is 36.7 Å². The average Bonchev–Trinajstić information content (AvgIpc) is 2.61. The van der Waals surface area contributed by atoms with Gasteiger partial charge in [0.1, 0.15) is 5.60 Å². The number of non-ortho nitro benzene ring substituents is 1.